The summed E-state index contributed by atoms with van der Waals surface area (Å²) in [5.74, 6) is 0.276. The van der Waals surface area contributed by atoms with Crippen molar-refractivity contribution in [1.82, 2.24) is 9.80 Å². The number of carbonyl (C=O) groups excluding carboxylic acids is 1. The van der Waals surface area contributed by atoms with Crippen molar-refractivity contribution in [3.8, 4) is 0 Å². The van der Waals surface area contributed by atoms with Gasteiger partial charge in [-0.2, -0.15) is 0 Å². The second-order valence-electron chi connectivity index (χ2n) is 6.80. The predicted molar refractivity (Wildman–Crippen MR) is 73.8 cm³/mol. The van der Waals surface area contributed by atoms with Crippen molar-refractivity contribution in [1.29, 1.82) is 0 Å². The molecule has 1 spiro atoms. The van der Waals surface area contributed by atoms with E-state index in [9.17, 15) is 9.90 Å². The predicted octanol–water partition coefficient (Wildman–Crippen LogP) is 1.24. The van der Waals surface area contributed by atoms with Crippen molar-refractivity contribution in [2.24, 2.45) is 5.41 Å². The first kappa shape index (κ1) is 13.4. The highest BCUT2D eigenvalue weighted by molar-refractivity contribution is 5.78. The Morgan fingerprint density at radius 2 is 1.95 bits per heavy atom. The molecule has 0 unspecified atom stereocenters. The average molecular weight is 266 g/mol. The molecule has 1 N–H and O–H groups in total. The number of amides is 1. The maximum absolute atomic E-state index is 12.4. The molecule has 0 radical (unpaired) electrons. The first-order valence-corrected chi connectivity index (χ1v) is 7.85. The molecule has 19 heavy (non-hydrogen) atoms. The number of aliphatic hydroxyl groups is 1. The zero-order valence-electron chi connectivity index (χ0n) is 11.8. The van der Waals surface area contributed by atoms with Crippen LogP contribution in [0.15, 0.2) is 0 Å². The van der Waals surface area contributed by atoms with E-state index in [-0.39, 0.29) is 12.0 Å². The summed E-state index contributed by atoms with van der Waals surface area (Å²) in [6, 6.07) is 0. The fraction of sp³-hybridized carbons (Fsp3) is 0.933. The Morgan fingerprint density at radius 1 is 1.16 bits per heavy atom. The second kappa shape index (κ2) is 5.41. The number of nitrogens with zero attached hydrogens (tertiary/aromatic N) is 2. The molecule has 0 aromatic heterocycles. The summed E-state index contributed by atoms with van der Waals surface area (Å²) in [5, 5.41) is 9.66. The van der Waals surface area contributed by atoms with Crippen LogP contribution in [0.1, 0.15) is 44.9 Å². The third-order valence-electron chi connectivity index (χ3n) is 5.29. The van der Waals surface area contributed by atoms with Crippen LogP contribution in [0.4, 0.5) is 0 Å². The van der Waals surface area contributed by atoms with Gasteiger partial charge in [-0.15, -0.1) is 0 Å². The topological polar surface area (TPSA) is 43.8 Å². The van der Waals surface area contributed by atoms with Gasteiger partial charge in [-0.05, 0) is 44.1 Å². The number of piperidine rings is 1. The SMILES string of the molecule is O=C(CN1CCC[C@H](O)C1)N1CCC2(CCCC2)C1. The van der Waals surface area contributed by atoms with Crippen molar-refractivity contribution in [2.75, 3.05) is 32.7 Å². The number of hydrogen-bond acceptors (Lipinski definition) is 3. The Labute approximate surface area is 115 Å². The van der Waals surface area contributed by atoms with Gasteiger partial charge in [0.15, 0.2) is 0 Å². The quantitative estimate of drug-likeness (QED) is 0.818. The van der Waals surface area contributed by atoms with Crippen LogP contribution in [0, 0.1) is 5.41 Å². The molecule has 2 aliphatic heterocycles. The summed E-state index contributed by atoms with van der Waals surface area (Å²) >= 11 is 0. The van der Waals surface area contributed by atoms with E-state index in [0.29, 0.717) is 18.5 Å². The maximum Gasteiger partial charge on any atom is 0.236 e. The molecule has 1 saturated carbocycles. The minimum absolute atomic E-state index is 0.235. The molecule has 3 fully saturated rings. The molecule has 2 saturated heterocycles. The Kier molecular flexibility index (Phi) is 3.81. The standard InChI is InChI=1S/C15H26N2O2/c18-13-4-3-8-16(10-13)11-14(19)17-9-7-15(12-17)5-1-2-6-15/h13,18H,1-12H2/t13-/m0/s1. The van der Waals surface area contributed by atoms with Crippen LogP contribution in [-0.4, -0.2) is 59.6 Å². The zero-order chi connectivity index (χ0) is 13.3. The molecule has 3 aliphatic rings. The van der Waals surface area contributed by atoms with E-state index in [0.717, 1.165) is 32.5 Å². The van der Waals surface area contributed by atoms with Crippen LogP contribution in [0.25, 0.3) is 0 Å². The molecule has 0 aromatic rings. The lowest BCUT2D eigenvalue weighted by Gasteiger charge is -2.31. The van der Waals surface area contributed by atoms with Crippen molar-refractivity contribution in [2.45, 2.75) is 51.0 Å². The van der Waals surface area contributed by atoms with E-state index in [1.807, 2.05) is 0 Å². The van der Waals surface area contributed by atoms with Gasteiger partial charge in [-0.1, -0.05) is 12.8 Å². The van der Waals surface area contributed by atoms with E-state index >= 15 is 0 Å². The van der Waals surface area contributed by atoms with E-state index in [1.165, 1.54) is 32.1 Å². The fourth-order valence-electron chi connectivity index (χ4n) is 4.15. The number of likely N-dealkylation sites (tertiary alicyclic amines) is 2. The van der Waals surface area contributed by atoms with Crippen molar-refractivity contribution >= 4 is 5.91 Å². The van der Waals surface area contributed by atoms with Gasteiger partial charge in [0.05, 0.1) is 12.6 Å². The summed E-state index contributed by atoms with van der Waals surface area (Å²) in [4.78, 5) is 16.6. The zero-order valence-corrected chi connectivity index (χ0v) is 11.8. The smallest absolute Gasteiger partial charge is 0.236 e. The maximum atomic E-state index is 12.4. The molecule has 3 rings (SSSR count). The monoisotopic (exact) mass is 266 g/mol. The Bertz CT molecular complexity index is 339. The lowest BCUT2D eigenvalue weighted by molar-refractivity contribution is -0.132. The van der Waals surface area contributed by atoms with Crippen LogP contribution < -0.4 is 0 Å². The third-order valence-corrected chi connectivity index (χ3v) is 5.29. The largest absolute Gasteiger partial charge is 0.392 e. The van der Waals surface area contributed by atoms with E-state index < -0.39 is 0 Å². The van der Waals surface area contributed by atoms with Gasteiger partial charge in [0.2, 0.25) is 5.91 Å². The van der Waals surface area contributed by atoms with E-state index in [2.05, 4.69) is 9.80 Å². The Balaban J connectivity index is 1.51. The van der Waals surface area contributed by atoms with E-state index in [4.69, 9.17) is 0 Å². The number of rotatable bonds is 2. The fourth-order valence-corrected chi connectivity index (χ4v) is 4.15. The van der Waals surface area contributed by atoms with E-state index in [1.54, 1.807) is 0 Å². The lowest BCUT2D eigenvalue weighted by Crippen LogP contribution is -2.45. The number of aliphatic hydroxyl groups excluding tert-OH is 1. The van der Waals surface area contributed by atoms with Gasteiger partial charge in [0.25, 0.3) is 0 Å². The second-order valence-corrected chi connectivity index (χ2v) is 6.80. The van der Waals surface area contributed by atoms with Crippen LogP contribution in [0.5, 0.6) is 0 Å². The lowest BCUT2D eigenvalue weighted by atomic mass is 9.86. The number of carbonyl (C=O) groups is 1. The highest BCUT2D eigenvalue weighted by Gasteiger charge is 2.41. The molecule has 0 aromatic carbocycles. The summed E-state index contributed by atoms with van der Waals surface area (Å²) in [7, 11) is 0. The van der Waals surface area contributed by atoms with Crippen molar-refractivity contribution in [3.63, 3.8) is 0 Å². The molecule has 4 heteroatoms. The van der Waals surface area contributed by atoms with Crippen molar-refractivity contribution in [3.05, 3.63) is 0 Å². The first-order valence-electron chi connectivity index (χ1n) is 7.85. The summed E-state index contributed by atoms with van der Waals surface area (Å²) < 4.78 is 0. The normalized spacial score (nSPS) is 31.2. The summed E-state index contributed by atoms with van der Waals surface area (Å²) in [6.45, 7) is 4.08. The minimum Gasteiger partial charge on any atom is -0.392 e. The summed E-state index contributed by atoms with van der Waals surface area (Å²) in [6.07, 6.45) is 8.21. The van der Waals surface area contributed by atoms with Gasteiger partial charge < -0.3 is 10.0 Å². The molecule has 1 amide bonds. The van der Waals surface area contributed by atoms with Crippen LogP contribution >= 0.6 is 0 Å². The molecular weight excluding hydrogens is 240 g/mol. The minimum atomic E-state index is -0.235. The van der Waals surface area contributed by atoms with Gasteiger partial charge in [-0.25, -0.2) is 0 Å². The molecule has 2 heterocycles. The van der Waals surface area contributed by atoms with Crippen LogP contribution in [0.2, 0.25) is 0 Å². The number of hydrogen-bond donors (Lipinski definition) is 1. The van der Waals surface area contributed by atoms with Crippen LogP contribution in [0.3, 0.4) is 0 Å². The van der Waals surface area contributed by atoms with Gasteiger partial charge in [0, 0.05) is 19.6 Å². The van der Waals surface area contributed by atoms with Gasteiger partial charge >= 0.3 is 0 Å². The van der Waals surface area contributed by atoms with Gasteiger partial charge in [0.1, 0.15) is 0 Å². The third kappa shape index (κ3) is 2.95. The molecule has 1 atom stereocenters. The molecule has 0 bridgehead atoms. The van der Waals surface area contributed by atoms with Crippen molar-refractivity contribution < 1.29 is 9.90 Å². The Morgan fingerprint density at radius 3 is 2.68 bits per heavy atom. The number of β-amino-alcohol motifs (C(OH)–C–C–N with tert-alkyl or cyclic N) is 1. The first-order chi connectivity index (χ1) is 9.17. The van der Waals surface area contributed by atoms with Gasteiger partial charge in [-0.3, -0.25) is 9.69 Å². The molecule has 1 aliphatic carbocycles. The highest BCUT2D eigenvalue weighted by atomic mass is 16.3. The highest BCUT2D eigenvalue weighted by Crippen LogP contribution is 2.45. The molecule has 108 valence electrons. The average Bonchev–Trinajstić information content (AvgIpc) is 3.00. The Hall–Kier alpha value is -0.610. The van der Waals surface area contributed by atoms with Crippen LogP contribution in [-0.2, 0) is 4.79 Å². The molecule has 4 nitrogen and oxygen atoms in total. The molecular formula is C15H26N2O2. The summed E-state index contributed by atoms with van der Waals surface area (Å²) in [5.41, 5.74) is 0.469.